The van der Waals surface area contributed by atoms with Gasteiger partial charge in [-0.2, -0.15) is 0 Å². The molecular formula is C19H19N3O2S. The van der Waals surface area contributed by atoms with Crippen molar-refractivity contribution in [3.63, 3.8) is 0 Å². The normalized spacial score (nSPS) is 10.6. The summed E-state index contributed by atoms with van der Waals surface area (Å²) in [6.07, 6.45) is 0.805. The number of aromatic nitrogens is 3. The molecule has 6 heteroatoms. The van der Waals surface area contributed by atoms with Crippen LogP contribution in [0.25, 0.3) is 11.4 Å². The highest BCUT2D eigenvalue weighted by atomic mass is 32.2. The summed E-state index contributed by atoms with van der Waals surface area (Å²) in [7, 11) is 1.96. The Labute approximate surface area is 151 Å². The lowest BCUT2D eigenvalue weighted by Crippen LogP contribution is -2.03. The van der Waals surface area contributed by atoms with E-state index in [0.29, 0.717) is 23.7 Å². The zero-order valence-electron chi connectivity index (χ0n) is 14.2. The Kier molecular flexibility index (Phi) is 5.50. The topological polar surface area (TPSA) is 57.0 Å². The number of aldehydes is 1. The van der Waals surface area contributed by atoms with E-state index in [1.165, 1.54) is 5.56 Å². The lowest BCUT2D eigenvalue weighted by atomic mass is 10.1. The number of hydrogen-bond acceptors (Lipinski definition) is 5. The van der Waals surface area contributed by atoms with Crippen LogP contribution in [0, 0.1) is 6.92 Å². The number of carbonyl (C=O) groups excluding carboxylic acids is 1. The minimum absolute atomic E-state index is 0.488. The maximum Gasteiger partial charge on any atom is 0.191 e. The monoisotopic (exact) mass is 353 g/mol. The van der Waals surface area contributed by atoms with Crippen molar-refractivity contribution in [1.29, 1.82) is 0 Å². The molecule has 2 aromatic carbocycles. The van der Waals surface area contributed by atoms with Crippen molar-refractivity contribution in [2.24, 2.45) is 7.05 Å². The van der Waals surface area contributed by atoms with Crippen LogP contribution in [0.15, 0.2) is 53.7 Å². The summed E-state index contributed by atoms with van der Waals surface area (Å²) in [6.45, 7) is 2.55. The Morgan fingerprint density at radius 3 is 2.64 bits per heavy atom. The van der Waals surface area contributed by atoms with Crippen molar-refractivity contribution in [2.45, 2.75) is 12.1 Å². The van der Waals surface area contributed by atoms with Crippen LogP contribution >= 0.6 is 11.8 Å². The van der Waals surface area contributed by atoms with Crippen molar-refractivity contribution in [1.82, 2.24) is 14.8 Å². The molecule has 0 spiro atoms. The molecule has 0 saturated heterocycles. The molecular weight excluding hydrogens is 334 g/mol. The van der Waals surface area contributed by atoms with Gasteiger partial charge in [0.2, 0.25) is 0 Å². The number of nitrogens with zero attached hydrogens (tertiary/aromatic N) is 3. The summed E-state index contributed by atoms with van der Waals surface area (Å²) in [5.74, 6) is 2.17. The maximum atomic E-state index is 11.0. The third-order valence-corrected chi connectivity index (χ3v) is 4.75. The van der Waals surface area contributed by atoms with Gasteiger partial charge in [-0.05, 0) is 19.1 Å². The van der Waals surface area contributed by atoms with Gasteiger partial charge in [-0.25, -0.2) is 0 Å². The number of ether oxygens (including phenoxy) is 1. The van der Waals surface area contributed by atoms with Gasteiger partial charge in [0.1, 0.15) is 5.75 Å². The SMILES string of the molecule is Cc1ccc(-c2nnc(SCCOc3ccccc3C=O)n2C)cc1. The summed E-state index contributed by atoms with van der Waals surface area (Å²) in [5, 5.41) is 9.38. The fourth-order valence-electron chi connectivity index (χ4n) is 2.39. The van der Waals surface area contributed by atoms with Gasteiger partial charge < -0.3 is 9.30 Å². The molecule has 0 aliphatic rings. The standard InChI is InChI=1S/C19H19N3O2S/c1-14-7-9-15(10-8-14)18-20-21-19(22(18)2)25-12-11-24-17-6-4-3-5-16(17)13-23/h3-10,13H,11-12H2,1-2H3. The van der Waals surface area contributed by atoms with E-state index in [-0.39, 0.29) is 0 Å². The van der Waals surface area contributed by atoms with Gasteiger partial charge in [0.25, 0.3) is 0 Å². The minimum Gasteiger partial charge on any atom is -0.492 e. The number of rotatable bonds is 7. The first-order valence-electron chi connectivity index (χ1n) is 7.95. The van der Waals surface area contributed by atoms with Crippen LogP contribution in [0.4, 0.5) is 0 Å². The first-order chi connectivity index (χ1) is 12.2. The highest BCUT2D eigenvalue weighted by molar-refractivity contribution is 7.99. The van der Waals surface area contributed by atoms with Gasteiger partial charge in [0, 0.05) is 18.4 Å². The molecule has 25 heavy (non-hydrogen) atoms. The van der Waals surface area contributed by atoms with Crippen LogP contribution in [0.3, 0.4) is 0 Å². The summed E-state index contributed by atoms with van der Waals surface area (Å²) < 4.78 is 7.67. The van der Waals surface area contributed by atoms with E-state index in [4.69, 9.17) is 4.74 Å². The Morgan fingerprint density at radius 2 is 1.88 bits per heavy atom. The number of hydrogen-bond donors (Lipinski definition) is 0. The number of thioether (sulfide) groups is 1. The smallest absolute Gasteiger partial charge is 0.191 e. The van der Waals surface area contributed by atoms with Crippen LogP contribution in [0.2, 0.25) is 0 Å². The highest BCUT2D eigenvalue weighted by Crippen LogP contribution is 2.23. The van der Waals surface area contributed by atoms with Gasteiger partial charge in [-0.3, -0.25) is 4.79 Å². The van der Waals surface area contributed by atoms with E-state index in [2.05, 4.69) is 29.3 Å². The van der Waals surface area contributed by atoms with Crippen LogP contribution < -0.4 is 4.74 Å². The van der Waals surface area contributed by atoms with E-state index in [1.54, 1.807) is 23.9 Å². The molecule has 0 atom stereocenters. The Morgan fingerprint density at radius 1 is 1.12 bits per heavy atom. The largest absolute Gasteiger partial charge is 0.492 e. The molecule has 5 nitrogen and oxygen atoms in total. The molecule has 0 N–H and O–H groups in total. The average molecular weight is 353 g/mol. The van der Waals surface area contributed by atoms with Crippen molar-refractivity contribution in [3.05, 3.63) is 59.7 Å². The minimum atomic E-state index is 0.488. The summed E-state index contributed by atoms with van der Waals surface area (Å²) in [6, 6.07) is 15.4. The molecule has 0 aliphatic carbocycles. The fraction of sp³-hybridized carbons (Fsp3) is 0.211. The van der Waals surface area contributed by atoms with E-state index in [0.717, 1.165) is 22.8 Å². The van der Waals surface area contributed by atoms with Crippen LogP contribution in [0.1, 0.15) is 15.9 Å². The molecule has 0 aliphatic heterocycles. The number of aryl methyl sites for hydroxylation is 1. The zero-order valence-corrected chi connectivity index (χ0v) is 15.0. The predicted octanol–water partition coefficient (Wildman–Crippen LogP) is 3.77. The van der Waals surface area contributed by atoms with E-state index >= 15 is 0 Å². The maximum absolute atomic E-state index is 11.0. The van der Waals surface area contributed by atoms with Gasteiger partial charge in [-0.15, -0.1) is 10.2 Å². The second-order valence-electron chi connectivity index (χ2n) is 5.58. The molecule has 0 bridgehead atoms. The van der Waals surface area contributed by atoms with Gasteiger partial charge in [-0.1, -0.05) is 53.7 Å². The first-order valence-corrected chi connectivity index (χ1v) is 8.94. The average Bonchev–Trinajstić information content (AvgIpc) is 3.00. The van der Waals surface area contributed by atoms with Gasteiger partial charge in [0.05, 0.1) is 12.2 Å². The molecule has 1 heterocycles. The summed E-state index contributed by atoms with van der Waals surface area (Å²) in [5.41, 5.74) is 2.82. The summed E-state index contributed by atoms with van der Waals surface area (Å²) >= 11 is 1.57. The molecule has 0 unspecified atom stereocenters. The van der Waals surface area contributed by atoms with Gasteiger partial charge >= 0.3 is 0 Å². The second-order valence-corrected chi connectivity index (χ2v) is 6.65. The van der Waals surface area contributed by atoms with E-state index in [1.807, 2.05) is 35.9 Å². The van der Waals surface area contributed by atoms with E-state index < -0.39 is 0 Å². The zero-order chi connectivity index (χ0) is 17.6. The van der Waals surface area contributed by atoms with Crippen LogP contribution in [-0.4, -0.2) is 33.4 Å². The quantitative estimate of drug-likeness (QED) is 0.368. The summed E-state index contributed by atoms with van der Waals surface area (Å²) in [4.78, 5) is 11.0. The van der Waals surface area contributed by atoms with Crippen molar-refractivity contribution >= 4 is 18.0 Å². The molecule has 1 aromatic heterocycles. The van der Waals surface area contributed by atoms with Crippen molar-refractivity contribution in [2.75, 3.05) is 12.4 Å². The van der Waals surface area contributed by atoms with E-state index in [9.17, 15) is 4.79 Å². The highest BCUT2D eigenvalue weighted by Gasteiger charge is 2.11. The number of carbonyl (C=O) groups is 1. The van der Waals surface area contributed by atoms with Crippen LogP contribution in [-0.2, 0) is 7.05 Å². The third-order valence-electron chi connectivity index (χ3n) is 3.76. The molecule has 0 radical (unpaired) electrons. The Balaban J connectivity index is 1.59. The second kappa shape index (κ2) is 7.98. The molecule has 3 aromatic rings. The molecule has 3 rings (SSSR count). The number of para-hydroxylation sites is 1. The molecule has 128 valence electrons. The van der Waals surface area contributed by atoms with Gasteiger partial charge in [0.15, 0.2) is 17.3 Å². The Bertz CT molecular complexity index is 859. The molecule has 0 saturated carbocycles. The molecule has 0 amide bonds. The van der Waals surface area contributed by atoms with Crippen LogP contribution in [0.5, 0.6) is 5.75 Å². The molecule has 0 fully saturated rings. The lowest BCUT2D eigenvalue weighted by molar-refractivity contribution is 0.112. The van der Waals surface area contributed by atoms with Crippen molar-refractivity contribution in [3.8, 4) is 17.1 Å². The van der Waals surface area contributed by atoms with Crippen molar-refractivity contribution < 1.29 is 9.53 Å². The third kappa shape index (κ3) is 4.09. The fourth-order valence-corrected chi connectivity index (χ4v) is 3.12. The number of benzene rings is 2. The predicted molar refractivity (Wildman–Crippen MR) is 99.2 cm³/mol. The lowest BCUT2D eigenvalue weighted by Gasteiger charge is -2.08. The Hall–Kier alpha value is -2.60. The first kappa shape index (κ1) is 17.2.